The van der Waals surface area contributed by atoms with Crippen LogP contribution in [0.25, 0.3) is 0 Å². The van der Waals surface area contributed by atoms with Crippen LogP contribution in [0.1, 0.15) is 39.0 Å². The van der Waals surface area contributed by atoms with Gasteiger partial charge in [0.15, 0.2) is 11.4 Å². The molecule has 1 atom stereocenters. The van der Waals surface area contributed by atoms with Crippen LogP contribution in [-0.2, 0) is 16.9 Å². The van der Waals surface area contributed by atoms with E-state index in [1.54, 1.807) is 30.3 Å². The summed E-state index contributed by atoms with van der Waals surface area (Å²) >= 11 is 6.29. The summed E-state index contributed by atoms with van der Waals surface area (Å²) in [6, 6.07) is 19.9. The zero-order chi connectivity index (χ0) is 21.5. The van der Waals surface area contributed by atoms with Crippen LogP contribution >= 0.6 is 11.6 Å². The fraction of sp³-hybridized carbons (Fsp3) is 0.200. The molecule has 1 aliphatic rings. The molecule has 0 saturated heterocycles. The van der Waals surface area contributed by atoms with Crippen molar-refractivity contribution < 1.29 is 14.7 Å². The number of aryl methyl sites for hydroxylation is 2. The highest BCUT2D eigenvalue weighted by Crippen LogP contribution is 2.44. The number of ketones is 1. The molecule has 1 amide bonds. The summed E-state index contributed by atoms with van der Waals surface area (Å²) in [5.74, 6) is -0.778. The lowest BCUT2D eigenvalue weighted by Crippen LogP contribution is -2.41. The second kappa shape index (κ2) is 7.71. The van der Waals surface area contributed by atoms with Crippen LogP contribution in [-0.4, -0.2) is 16.8 Å². The second-order valence-corrected chi connectivity index (χ2v) is 8.19. The smallest absolute Gasteiger partial charge is 0.264 e. The molecular weight excluding hydrogens is 398 g/mol. The third-order valence-corrected chi connectivity index (χ3v) is 5.99. The van der Waals surface area contributed by atoms with Gasteiger partial charge in [0, 0.05) is 16.1 Å². The summed E-state index contributed by atoms with van der Waals surface area (Å²) < 4.78 is 0. The third-order valence-electron chi connectivity index (χ3n) is 5.62. The number of anilines is 1. The number of hydrogen-bond acceptors (Lipinski definition) is 3. The first-order valence-corrected chi connectivity index (χ1v) is 10.2. The summed E-state index contributed by atoms with van der Waals surface area (Å²) in [7, 11) is 0. The molecule has 1 aliphatic heterocycles. The van der Waals surface area contributed by atoms with E-state index in [1.165, 1.54) is 4.90 Å². The Hall–Kier alpha value is -2.95. The average Bonchev–Trinajstić information content (AvgIpc) is 2.91. The topological polar surface area (TPSA) is 57.6 Å². The van der Waals surface area contributed by atoms with E-state index in [0.29, 0.717) is 21.8 Å². The van der Waals surface area contributed by atoms with E-state index in [-0.39, 0.29) is 18.7 Å². The van der Waals surface area contributed by atoms with E-state index < -0.39 is 11.5 Å². The monoisotopic (exact) mass is 419 g/mol. The second-order valence-electron chi connectivity index (χ2n) is 7.78. The molecule has 3 aromatic rings. The van der Waals surface area contributed by atoms with Gasteiger partial charge in [0.1, 0.15) is 0 Å². The van der Waals surface area contributed by atoms with E-state index >= 15 is 0 Å². The van der Waals surface area contributed by atoms with Gasteiger partial charge in [-0.05, 0) is 37.1 Å². The van der Waals surface area contributed by atoms with Gasteiger partial charge in [0.05, 0.1) is 18.7 Å². The van der Waals surface area contributed by atoms with E-state index in [9.17, 15) is 14.7 Å². The van der Waals surface area contributed by atoms with Crippen LogP contribution in [0.15, 0.2) is 66.7 Å². The van der Waals surface area contributed by atoms with Crippen molar-refractivity contribution in [2.45, 2.75) is 32.4 Å². The summed E-state index contributed by atoms with van der Waals surface area (Å²) in [5, 5.41) is 12.0. The van der Waals surface area contributed by atoms with Crippen LogP contribution in [0.4, 0.5) is 5.69 Å². The maximum atomic E-state index is 13.4. The first kappa shape index (κ1) is 20.3. The highest BCUT2D eigenvalue weighted by atomic mass is 35.5. The maximum Gasteiger partial charge on any atom is 0.264 e. The molecule has 0 saturated carbocycles. The van der Waals surface area contributed by atoms with Crippen molar-refractivity contribution in [2.75, 3.05) is 4.90 Å². The fourth-order valence-electron chi connectivity index (χ4n) is 4.09. The molecule has 0 spiro atoms. The molecule has 0 radical (unpaired) electrons. The van der Waals surface area contributed by atoms with Crippen molar-refractivity contribution in [3.63, 3.8) is 0 Å². The summed E-state index contributed by atoms with van der Waals surface area (Å²) in [5.41, 5.74) is 2.30. The largest absolute Gasteiger partial charge is 0.375 e. The molecule has 5 heteroatoms. The Morgan fingerprint density at radius 1 is 1.03 bits per heavy atom. The third kappa shape index (κ3) is 3.42. The first-order valence-electron chi connectivity index (χ1n) is 9.79. The Morgan fingerprint density at radius 2 is 1.73 bits per heavy atom. The predicted octanol–water partition coefficient (Wildman–Crippen LogP) is 4.96. The average molecular weight is 420 g/mol. The van der Waals surface area contributed by atoms with E-state index in [1.807, 2.05) is 50.2 Å². The summed E-state index contributed by atoms with van der Waals surface area (Å²) in [6.07, 6.45) is -0.314. The number of amides is 1. The van der Waals surface area contributed by atoms with Gasteiger partial charge >= 0.3 is 0 Å². The van der Waals surface area contributed by atoms with Crippen molar-refractivity contribution >= 4 is 29.0 Å². The Morgan fingerprint density at radius 3 is 2.47 bits per heavy atom. The minimum absolute atomic E-state index is 0.218. The molecule has 0 bridgehead atoms. The minimum Gasteiger partial charge on any atom is -0.375 e. The number of halogens is 1. The van der Waals surface area contributed by atoms with Gasteiger partial charge < -0.3 is 10.0 Å². The van der Waals surface area contributed by atoms with Crippen molar-refractivity contribution in [3.05, 3.63) is 99.6 Å². The molecule has 4 nitrogen and oxygen atoms in total. The summed E-state index contributed by atoms with van der Waals surface area (Å²) in [6.45, 7) is 4.03. The molecule has 0 aliphatic carbocycles. The van der Waals surface area contributed by atoms with E-state index in [2.05, 4.69) is 0 Å². The van der Waals surface area contributed by atoms with Crippen molar-refractivity contribution in [2.24, 2.45) is 0 Å². The van der Waals surface area contributed by atoms with Gasteiger partial charge in [-0.1, -0.05) is 71.8 Å². The first-order chi connectivity index (χ1) is 14.3. The van der Waals surface area contributed by atoms with Crippen LogP contribution in [0.2, 0.25) is 5.02 Å². The number of fused-ring (bicyclic) bond motifs is 1. The highest BCUT2D eigenvalue weighted by Gasteiger charge is 2.50. The number of hydrogen-bond donors (Lipinski definition) is 1. The number of aliphatic hydroxyl groups is 1. The van der Waals surface area contributed by atoms with Crippen molar-refractivity contribution in [1.82, 2.24) is 0 Å². The number of para-hydroxylation sites is 1. The van der Waals surface area contributed by atoms with Crippen LogP contribution in [0, 0.1) is 13.8 Å². The maximum absolute atomic E-state index is 13.4. The van der Waals surface area contributed by atoms with Crippen LogP contribution in [0.5, 0.6) is 0 Å². The van der Waals surface area contributed by atoms with Gasteiger partial charge in [-0.2, -0.15) is 0 Å². The number of carbonyl (C=O) groups is 2. The quantitative estimate of drug-likeness (QED) is 0.594. The molecule has 1 N–H and O–H groups in total. The van der Waals surface area contributed by atoms with Crippen LogP contribution in [0.3, 0.4) is 0 Å². The molecule has 30 heavy (non-hydrogen) atoms. The molecule has 0 aromatic heterocycles. The van der Waals surface area contributed by atoms with Crippen LogP contribution < -0.4 is 4.90 Å². The molecule has 3 aromatic carbocycles. The van der Waals surface area contributed by atoms with Gasteiger partial charge in [-0.3, -0.25) is 9.59 Å². The van der Waals surface area contributed by atoms with Gasteiger partial charge in [0.2, 0.25) is 0 Å². The minimum atomic E-state index is -1.91. The molecule has 0 unspecified atom stereocenters. The number of Topliss-reactive ketones (excluding diaryl/α,β-unsaturated/α-hetero) is 1. The predicted molar refractivity (Wildman–Crippen MR) is 118 cm³/mol. The highest BCUT2D eigenvalue weighted by molar-refractivity contribution is 6.31. The Labute approximate surface area is 180 Å². The van der Waals surface area contributed by atoms with Gasteiger partial charge in [0.25, 0.3) is 5.91 Å². The number of carbonyl (C=O) groups excluding carboxylic acids is 2. The standard InChI is InChI=1S/C25H22ClNO3/c1-16-11-12-19(17(2)13-16)23(28)14-25(30)20-8-4-6-10-22(20)27(24(25)29)15-18-7-3-5-9-21(18)26/h3-13,30H,14-15H2,1-2H3/t25-/m1/s1. The van der Waals surface area contributed by atoms with Crippen molar-refractivity contribution in [1.29, 1.82) is 0 Å². The molecule has 152 valence electrons. The zero-order valence-corrected chi connectivity index (χ0v) is 17.6. The van der Waals surface area contributed by atoms with Gasteiger partial charge in [-0.15, -0.1) is 0 Å². The number of benzene rings is 3. The molecule has 4 rings (SSSR count). The van der Waals surface area contributed by atoms with Crippen molar-refractivity contribution in [3.8, 4) is 0 Å². The molecule has 0 fully saturated rings. The molecular formula is C25H22ClNO3. The Bertz CT molecular complexity index is 1160. The van der Waals surface area contributed by atoms with E-state index in [4.69, 9.17) is 11.6 Å². The zero-order valence-electron chi connectivity index (χ0n) is 16.9. The lowest BCUT2D eigenvalue weighted by molar-refractivity contribution is -0.136. The SMILES string of the molecule is Cc1ccc(C(=O)C[C@]2(O)C(=O)N(Cc3ccccc3Cl)c3ccccc32)c(C)c1. The number of rotatable bonds is 5. The lowest BCUT2D eigenvalue weighted by Gasteiger charge is -2.23. The fourth-order valence-corrected chi connectivity index (χ4v) is 4.28. The number of nitrogens with zero attached hydrogens (tertiary/aromatic N) is 1. The van der Waals surface area contributed by atoms with E-state index in [0.717, 1.165) is 16.7 Å². The lowest BCUT2D eigenvalue weighted by atomic mass is 9.87. The normalized spacial score (nSPS) is 17.9. The Kier molecular flexibility index (Phi) is 5.22. The molecule has 1 heterocycles. The Balaban J connectivity index is 1.70. The van der Waals surface area contributed by atoms with Gasteiger partial charge in [-0.25, -0.2) is 0 Å². The summed E-state index contributed by atoms with van der Waals surface area (Å²) in [4.78, 5) is 28.0.